The van der Waals surface area contributed by atoms with Crippen LogP contribution in [-0.2, 0) is 16.5 Å². The molecule has 7 nitrogen and oxygen atoms in total. The van der Waals surface area contributed by atoms with Crippen molar-refractivity contribution in [3.05, 3.63) is 42.2 Å². The summed E-state index contributed by atoms with van der Waals surface area (Å²) in [4.78, 5) is 2.31. The fourth-order valence-corrected chi connectivity index (χ4v) is 3.69. The van der Waals surface area contributed by atoms with Crippen molar-refractivity contribution >= 4 is 40.7 Å². The second-order valence-corrected chi connectivity index (χ2v) is 6.76. The second-order valence-electron chi connectivity index (χ2n) is 6.76. The largest absolute Gasteiger partial charge is 0.501 e. The highest BCUT2D eigenvalue weighted by Crippen LogP contribution is 2.32. The molecule has 0 amide bonds. The smallest absolute Gasteiger partial charge is 0.127 e. The first-order valence-electron chi connectivity index (χ1n) is 8.93. The van der Waals surface area contributed by atoms with E-state index in [1.165, 1.54) is 5.56 Å². The Hall–Kier alpha value is -2.07. The van der Waals surface area contributed by atoms with Gasteiger partial charge in [-0.15, -0.1) is 24.0 Å². The highest BCUT2D eigenvalue weighted by atomic mass is 127. The Morgan fingerprint density at radius 1 is 1.22 bits per heavy atom. The maximum absolute atomic E-state index is 5.46. The van der Waals surface area contributed by atoms with E-state index in [0.29, 0.717) is 12.5 Å². The van der Waals surface area contributed by atoms with Crippen molar-refractivity contribution in [3.63, 3.8) is 0 Å². The molecule has 1 saturated heterocycles. The number of hydrogen-bond donors (Lipinski definition) is 1. The van der Waals surface area contributed by atoms with Gasteiger partial charge in [-0.3, -0.25) is 9.78 Å². The Labute approximate surface area is 175 Å². The van der Waals surface area contributed by atoms with Crippen LogP contribution in [0.5, 0.6) is 0 Å². The Kier molecular flexibility index (Phi) is 5.09. The standard InChI is InChI=1S/C19H21N5O2.HI.H2/c1-23-18(24-5-8-25-9-6-24)11-17(22-23)19-15-10-13(14-4-7-26-12-14)2-3-16(15)20-21-19;;/h2-4,7,10-11,14H,5-6,8-9,12H2,1H3,(H,20,21);2*1H. The molecule has 5 rings (SSSR count). The summed E-state index contributed by atoms with van der Waals surface area (Å²) in [6.45, 7) is 3.98. The molecule has 4 heterocycles. The minimum atomic E-state index is 0. The number of aromatic amines is 1. The highest BCUT2D eigenvalue weighted by molar-refractivity contribution is 14.0. The van der Waals surface area contributed by atoms with Gasteiger partial charge in [-0.2, -0.15) is 10.2 Å². The van der Waals surface area contributed by atoms with Crippen LogP contribution in [0.3, 0.4) is 0 Å². The molecular weight excluding hydrogens is 457 g/mol. The number of halogens is 1. The van der Waals surface area contributed by atoms with E-state index in [4.69, 9.17) is 14.6 Å². The van der Waals surface area contributed by atoms with E-state index in [-0.39, 0.29) is 25.4 Å². The fraction of sp³-hybridized carbons (Fsp3) is 0.368. The van der Waals surface area contributed by atoms with Crippen LogP contribution in [-0.4, -0.2) is 52.9 Å². The third-order valence-electron chi connectivity index (χ3n) is 5.13. The molecule has 27 heavy (non-hydrogen) atoms. The summed E-state index contributed by atoms with van der Waals surface area (Å²) in [5, 5.41) is 13.5. The van der Waals surface area contributed by atoms with Crippen molar-refractivity contribution in [2.75, 3.05) is 37.8 Å². The van der Waals surface area contributed by atoms with Gasteiger partial charge in [0, 0.05) is 38.9 Å². The molecule has 1 unspecified atom stereocenters. The number of nitrogens with zero attached hydrogens (tertiary/aromatic N) is 4. The van der Waals surface area contributed by atoms with Crippen LogP contribution in [0, 0.1) is 0 Å². The van der Waals surface area contributed by atoms with Gasteiger partial charge in [0.25, 0.3) is 0 Å². The number of nitrogens with one attached hydrogen (secondary N) is 1. The lowest BCUT2D eigenvalue weighted by Crippen LogP contribution is -2.37. The van der Waals surface area contributed by atoms with Gasteiger partial charge in [0.1, 0.15) is 17.2 Å². The number of hydrogen-bond acceptors (Lipinski definition) is 5. The van der Waals surface area contributed by atoms with Gasteiger partial charge >= 0.3 is 0 Å². The highest BCUT2D eigenvalue weighted by Gasteiger charge is 2.20. The van der Waals surface area contributed by atoms with E-state index in [0.717, 1.165) is 54.4 Å². The molecule has 2 aliphatic heterocycles. The molecule has 3 aromatic rings. The molecule has 1 aromatic carbocycles. The number of fused-ring (bicyclic) bond motifs is 1. The zero-order chi connectivity index (χ0) is 17.5. The minimum absolute atomic E-state index is 0. The number of aromatic nitrogens is 4. The predicted molar refractivity (Wildman–Crippen MR) is 117 cm³/mol. The number of anilines is 1. The summed E-state index contributed by atoms with van der Waals surface area (Å²) in [7, 11) is 1.98. The molecule has 0 aliphatic carbocycles. The fourth-order valence-electron chi connectivity index (χ4n) is 3.69. The lowest BCUT2D eigenvalue weighted by atomic mass is 9.98. The van der Waals surface area contributed by atoms with Gasteiger partial charge < -0.3 is 14.4 Å². The van der Waals surface area contributed by atoms with Gasteiger partial charge in [-0.05, 0) is 23.8 Å². The van der Waals surface area contributed by atoms with Crippen LogP contribution in [0.4, 0.5) is 5.82 Å². The number of morpholine rings is 1. The predicted octanol–water partition coefficient (Wildman–Crippen LogP) is 3.29. The van der Waals surface area contributed by atoms with Crippen molar-refractivity contribution in [2.24, 2.45) is 7.05 Å². The normalized spacial score (nSPS) is 19.3. The Morgan fingerprint density at radius 3 is 2.85 bits per heavy atom. The maximum atomic E-state index is 5.46. The van der Waals surface area contributed by atoms with Crippen LogP contribution in [0.25, 0.3) is 22.3 Å². The van der Waals surface area contributed by atoms with Crippen LogP contribution in [0.2, 0.25) is 0 Å². The van der Waals surface area contributed by atoms with Gasteiger partial charge in [0.15, 0.2) is 0 Å². The third kappa shape index (κ3) is 3.31. The summed E-state index contributed by atoms with van der Waals surface area (Å²) in [5.74, 6) is 1.40. The third-order valence-corrected chi connectivity index (χ3v) is 5.13. The Balaban J connectivity index is 0.00000112. The first-order valence-corrected chi connectivity index (χ1v) is 8.93. The van der Waals surface area contributed by atoms with Crippen molar-refractivity contribution < 1.29 is 10.9 Å². The van der Waals surface area contributed by atoms with Crippen molar-refractivity contribution in [2.45, 2.75) is 5.92 Å². The van der Waals surface area contributed by atoms with Crippen LogP contribution >= 0.6 is 24.0 Å². The molecule has 1 fully saturated rings. The van der Waals surface area contributed by atoms with Crippen LogP contribution < -0.4 is 4.90 Å². The number of H-pyrrole nitrogens is 1. The first-order chi connectivity index (χ1) is 12.8. The quantitative estimate of drug-likeness (QED) is 0.582. The minimum Gasteiger partial charge on any atom is -0.501 e. The van der Waals surface area contributed by atoms with Crippen LogP contribution in [0.15, 0.2) is 36.6 Å². The molecule has 1 N–H and O–H groups in total. The Morgan fingerprint density at radius 2 is 2.07 bits per heavy atom. The molecular formula is C19H24IN5O2. The van der Waals surface area contributed by atoms with E-state index < -0.39 is 0 Å². The zero-order valence-corrected chi connectivity index (χ0v) is 17.4. The lowest BCUT2D eigenvalue weighted by Gasteiger charge is -2.28. The van der Waals surface area contributed by atoms with E-state index in [2.05, 4.69) is 45.4 Å². The van der Waals surface area contributed by atoms with E-state index >= 15 is 0 Å². The van der Waals surface area contributed by atoms with E-state index in [1.807, 2.05) is 11.7 Å². The first kappa shape index (κ1) is 18.3. The average molecular weight is 481 g/mol. The van der Waals surface area contributed by atoms with Crippen molar-refractivity contribution in [1.82, 2.24) is 20.0 Å². The van der Waals surface area contributed by atoms with Gasteiger partial charge in [-0.1, -0.05) is 6.07 Å². The van der Waals surface area contributed by atoms with Gasteiger partial charge in [-0.25, -0.2) is 0 Å². The summed E-state index contributed by atoms with van der Waals surface area (Å²) in [5.41, 5.74) is 4.03. The van der Waals surface area contributed by atoms with Gasteiger partial charge in [0.05, 0.1) is 31.6 Å². The molecule has 1 atom stereocenters. The second kappa shape index (κ2) is 7.51. The number of rotatable bonds is 3. The number of ether oxygens (including phenoxy) is 2. The Bertz CT molecular complexity index is 980. The molecule has 2 aliphatic rings. The maximum Gasteiger partial charge on any atom is 0.127 e. The summed E-state index contributed by atoms with van der Waals surface area (Å²) in [6, 6.07) is 8.53. The molecule has 2 aromatic heterocycles. The monoisotopic (exact) mass is 481 g/mol. The van der Waals surface area contributed by atoms with Crippen molar-refractivity contribution in [1.29, 1.82) is 0 Å². The van der Waals surface area contributed by atoms with Gasteiger partial charge in [0.2, 0.25) is 0 Å². The molecule has 0 spiro atoms. The van der Waals surface area contributed by atoms with Crippen LogP contribution in [0.1, 0.15) is 12.9 Å². The summed E-state index contributed by atoms with van der Waals surface area (Å²) in [6.07, 6.45) is 3.87. The molecule has 0 saturated carbocycles. The molecule has 0 radical (unpaired) electrons. The number of aryl methyl sites for hydroxylation is 1. The van der Waals surface area contributed by atoms with Crippen molar-refractivity contribution in [3.8, 4) is 11.4 Å². The molecule has 8 heteroatoms. The number of benzene rings is 1. The summed E-state index contributed by atoms with van der Waals surface area (Å²) < 4.78 is 12.8. The molecule has 144 valence electrons. The van der Waals surface area contributed by atoms with E-state index in [1.54, 1.807) is 6.26 Å². The van der Waals surface area contributed by atoms with E-state index in [9.17, 15) is 0 Å². The molecule has 0 bridgehead atoms. The topological polar surface area (TPSA) is 68.2 Å². The SMILES string of the molecule is Cn1nc(-c2n[nH]c3ccc(C4C=COC4)cc23)cc1N1CCOCC1.I.[HH]. The zero-order valence-electron chi connectivity index (χ0n) is 15.1. The average Bonchev–Trinajstić information content (AvgIpc) is 3.41. The summed E-state index contributed by atoms with van der Waals surface area (Å²) >= 11 is 0. The lowest BCUT2D eigenvalue weighted by molar-refractivity contribution is 0.122.